The number of aromatic carboxylic acids is 1. The molecule has 5 aromatic rings. The summed E-state index contributed by atoms with van der Waals surface area (Å²) in [6, 6.07) is 24.1. The van der Waals surface area contributed by atoms with Crippen molar-refractivity contribution in [3.63, 3.8) is 0 Å². The number of carboxylic acids is 1. The Morgan fingerprint density at radius 1 is 1.00 bits per heavy atom. The molecule has 0 radical (unpaired) electrons. The molecule has 1 amide bonds. The summed E-state index contributed by atoms with van der Waals surface area (Å²) < 4.78 is 41.7. The van der Waals surface area contributed by atoms with Crippen molar-refractivity contribution in [2.24, 2.45) is 0 Å². The lowest BCUT2D eigenvalue weighted by molar-refractivity contribution is -0.137. The van der Waals surface area contributed by atoms with Gasteiger partial charge in [0.1, 0.15) is 0 Å². The van der Waals surface area contributed by atoms with Gasteiger partial charge in [-0.25, -0.2) is 4.79 Å². The van der Waals surface area contributed by atoms with Crippen LogP contribution in [0.2, 0.25) is 0 Å². The van der Waals surface area contributed by atoms with Gasteiger partial charge >= 0.3 is 12.1 Å². The number of nitrogens with zero attached hydrogens (tertiary/aromatic N) is 2. The molecule has 2 N–H and O–H groups in total. The number of aromatic nitrogens is 1. The molecule has 0 aliphatic heterocycles. The van der Waals surface area contributed by atoms with E-state index in [1.165, 1.54) is 36.0 Å². The minimum atomic E-state index is -4.44. The highest BCUT2D eigenvalue weighted by atomic mass is 32.2. The summed E-state index contributed by atoms with van der Waals surface area (Å²) in [5.41, 5.74) is 3.31. The maximum absolute atomic E-state index is 14.1. The molecular weight excluding hydrogens is 599 g/mol. The summed E-state index contributed by atoms with van der Waals surface area (Å²) in [6.07, 6.45) is -0.550. The first-order valence-electron chi connectivity index (χ1n) is 14.2. The van der Waals surface area contributed by atoms with E-state index in [0.717, 1.165) is 52.1 Å². The Balaban J connectivity index is 1.46. The van der Waals surface area contributed by atoms with Crippen LogP contribution in [0, 0.1) is 11.3 Å². The maximum atomic E-state index is 14.1. The third-order valence-electron chi connectivity index (χ3n) is 7.82. The normalized spacial score (nSPS) is 13.8. The second-order valence-corrected chi connectivity index (χ2v) is 12.1. The minimum absolute atomic E-state index is 0.137. The molecule has 45 heavy (non-hydrogen) atoms. The van der Waals surface area contributed by atoms with Crippen LogP contribution in [0.4, 0.5) is 13.2 Å². The molecule has 6 rings (SSSR count). The Kier molecular flexibility index (Phi) is 7.89. The lowest BCUT2D eigenvalue weighted by Crippen LogP contribution is -2.27. The second kappa shape index (κ2) is 11.8. The average molecular weight is 626 g/mol. The van der Waals surface area contributed by atoms with E-state index in [9.17, 15) is 33.1 Å². The summed E-state index contributed by atoms with van der Waals surface area (Å²) in [7, 11) is 0. The van der Waals surface area contributed by atoms with Crippen LogP contribution in [-0.2, 0) is 6.18 Å². The standard InChI is InChI=1S/C35H26F3N3O3S/c1-20(22-5-7-23(8-6-22)34(43)44)40-33(42)29-16-25(24-4-2-3-21(15-24)18-39)17-30-32(29)31(19-41(30)27-11-12-27)45-28-13-9-26(10-14-28)35(36,37)38/h2-10,13-17,19-20,27H,11-12H2,1H3,(H,40,42)(H,43,44)/t20-/m0/s1. The number of hydrogen-bond donors (Lipinski definition) is 2. The van der Waals surface area contributed by atoms with Crippen LogP contribution in [0.15, 0.2) is 101 Å². The number of rotatable bonds is 8. The van der Waals surface area contributed by atoms with E-state index < -0.39 is 23.8 Å². The zero-order chi connectivity index (χ0) is 31.9. The smallest absolute Gasteiger partial charge is 0.416 e. The van der Waals surface area contributed by atoms with Crippen molar-refractivity contribution in [1.82, 2.24) is 9.88 Å². The molecular formula is C35H26F3N3O3S. The minimum Gasteiger partial charge on any atom is -0.478 e. The lowest BCUT2D eigenvalue weighted by atomic mass is 9.98. The monoisotopic (exact) mass is 625 g/mol. The van der Waals surface area contributed by atoms with E-state index in [1.807, 2.05) is 18.3 Å². The van der Waals surface area contributed by atoms with E-state index >= 15 is 0 Å². The van der Waals surface area contributed by atoms with Gasteiger partial charge in [-0.1, -0.05) is 36.0 Å². The fourth-order valence-corrected chi connectivity index (χ4v) is 6.32. The van der Waals surface area contributed by atoms with Crippen LogP contribution in [0.25, 0.3) is 22.0 Å². The molecule has 1 aliphatic carbocycles. The van der Waals surface area contributed by atoms with Crippen molar-refractivity contribution in [3.8, 4) is 17.2 Å². The summed E-state index contributed by atoms with van der Waals surface area (Å²) in [4.78, 5) is 26.7. The zero-order valence-corrected chi connectivity index (χ0v) is 24.7. The molecule has 10 heteroatoms. The fourth-order valence-electron chi connectivity index (χ4n) is 5.31. The van der Waals surface area contributed by atoms with Gasteiger partial charge in [0, 0.05) is 27.4 Å². The molecule has 1 atom stereocenters. The first kappa shape index (κ1) is 30.0. The van der Waals surface area contributed by atoms with Crippen LogP contribution in [-0.4, -0.2) is 21.6 Å². The molecule has 0 bridgehead atoms. The summed E-state index contributed by atoms with van der Waals surface area (Å²) >= 11 is 1.29. The molecule has 0 spiro atoms. The summed E-state index contributed by atoms with van der Waals surface area (Å²) in [5.74, 6) is -1.41. The van der Waals surface area contributed by atoms with E-state index in [1.54, 1.807) is 43.3 Å². The molecule has 1 saturated carbocycles. The molecule has 0 unspecified atom stereocenters. The van der Waals surface area contributed by atoms with Gasteiger partial charge in [0.05, 0.1) is 39.9 Å². The van der Waals surface area contributed by atoms with Crippen LogP contribution in [0.1, 0.15) is 69.3 Å². The van der Waals surface area contributed by atoms with Crippen molar-refractivity contribution >= 4 is 34.5 Å². The van der Waals surface area contributed by atoms with Gasteiger partial charge in [-0.05, 0) is 97.1 Å². The van der Waals surface area contributed by atoms with Gasteiger partial charge in [-0.2, -0.15) is 18.4 Å². The molecule has 4 aromatic carbocycles. The van der Waals surface area contributed by atoms with Gasteiger partial charge in [-0.3, -0.25) is 4.79 Å². The van der Waals surface area contributed by atoms with Crippen LogP contribution >= 0.6 is 11.8 Å². The van der Waals surface area contributed by atoms with Crippen molar-refractivity contribution < 1.29 is 27.9 Å². The Hall–Kier alpha value is -5.01. The van der Waals surface area contributed by atoms with Crippen LogP contribution in [0.3, 0.4) is 0 Å². The van der Waals surface area contributed by atoms with Gasteiger partial charge in [-0.15, -0.1) is 0 Å². The number of nitrogens with one attached hydrogen (secondary N) is 1. The lowest BCUT2D eigenvalue weighted by Gasteiger charge is -2.17. The SMILES string of the molecule is C[C@H](NC(=O)c1cc(-c2cccc(C#N)c2)cc2c1c(Sc1ccc(C(F)(F)F)cc1)cn2C1CC1)c1ccc(C(=O)O)cc1. The third-order valence-corrected chi connectivity index (χ3v) is 8.86. The van der Waals surface area contributed by atoms with E-state index in [-0.39, 0.29) is 17.5 Å². The number of hydrogen-bond acceptors (Lipinski definition) is 4. The Morgan fingerprint density at radius 3 is 2.33 bits per heavy atom. The third kappa shape index (κ3) is 6.30. The van der Waals surface area contributed by atoms with Crippen LogP contribution in [0.5, 0.6) is 0 Å². The number of benzene rings is 4. The number of amides is 1. The highest BCUT2D eigenvalue weighted by Gasteiger charge is 2.31. The highest BCUT2D eigenvalue weighted by molar-refractivity contribution is 7.99. The fraction of sp³-hybridized carbons (Fsp3) is 0.171. The van der Waals surface area contributed by atoms with Gasteiger partial charge in [0.2, 0.25) is 0 Å². The molecule has 6 nitrogen and oxygen atoms in total. The van der Waals surface area contributed by atoms with Crippen molar-refractivity contribution in [1.29, 1.82) is 5.26 Å². The highest BCUT2D eigenvalue weighted by Crippen LogP contribution is 2.45. The Bertz CT molecular complexity index is 1970. The van der Waals surface area contributed by atoms with Gasteiger partial charge in [0.15, 0.2) is 0 Å². The number of nitriles is 1. The number of carboxylic acid groups (broad SMARTS) is 1. The van der Waals surface area contributed by atoms with Crippen LogP contribution < -0.4 is 5.32 Å². The predicted molar refractivity (Wildman–Crippen MR) is 165 cm³/mol. The molecule has 1 aromatic heterocycles. The first-order valence-corrected chi connectivity index (χ1v) is 15.0. The van der Waals surface area contributed by atoms with E-state index in [0.29, 0.717) is 21.4 Å². The van der Waals surface area contributed by atoms with Gasteiger partial charge < -0.3 is 15.0 Å². The maximum Gasteiger partial charge on any atom is 0.416 e. The van der Waals surface area contributed by atoms with Crippen molar-refractivity contribution in [3.05, 3.63) is 119 Å². The summed E-state index contributed by atoms with van der Waals surface area (Å²) in [6.45, 7) is 1.80. The Morgan fingerprint density at radius 2 is 1.71 bits per heavy atom. The largest absolute Gasteiger partial charge is 0.478 e. The quantitative estimate of drug-likeness (QED) is 0.180. The topological polar surface area (TPSA) is 95.1 Å². The molecule has 0 saturated heterocycles. The number of carbonyl (C=O) groups is 2. The molecule has 1 heterocycles. The van der Waals surface area contributed by atoms with E-state index in [2.05, 4.69) is 16.0 Å². The second-order valence-electron chi connectivity index (χ2n) is 11.0. The first-order chi connectivity index (χ1) is 21.5. The predicted octanol–water partition coefficient (Wildman–Crippen LogP) is 8.87. The molecule has 1 fully saturated rings. The number of fused-ring (bicyclic) bond motifs is 1. The number of alkyl halides is 3. The van der Waals surface area contributed by atoms with Crippen molar-refractivity contribution in [2.75, 3.05) is 0 Å². The summed E-state index contributed by atoms with van der Waals surface area (Å²) in [5, 5.41) is 22.5. The number of carbonyl (C=O) groups excluding carboxylic acids is 1. The van der Waals surface area contributed by atoms with Gasteiger partial charge in [0.25, 0.3) is 5.91 Å². The zero-order valence-electron chi connectivity index (χ0n) is 23.9. The Labute approximate surface area is 261 Å². The van der Waals surface area contributed by atoms with Crippen molar-refractivity contribution in [2.45, 2.75) is 47.8 Å². The number of halogens is 3. The van der Waals surface area contributed by atoms with E-state index in [4.69, 9.17) is 0 Å². The average Bonchev–Trinajstić information content (AvgIpc) is 3.82. The molecule has 1 aliphatic rings. The molecule has 226 valence electrons.